The number of nitrogens with zero attached hydrogens (tertiary/aromatic N) is 3. The lowest BCUT2D eigenvalue weighted by Gasteiger charge is -2.31. The second-order valence-electron chi connectivity index (χ2n) is 4.28. The first-order valence-corrected chi connectivity index (χ1v) is 5.99. The van der Waals surface area contributed by atoms with Gasteiger partial charge in [-0.2, -0.15) is 5.26 Å². The molecule has 0 N–H and O–H groups in total. The van der Waals surface area contributed by atoms with Gasteiger partial charge in [0.1, 0.15) is 11.8 Å². The van der Waals surface area contributed by atoms with Gasteiger partial charge in [0.05, 0.1) is 13.7 Å². The average molecular weight is 261 g/mol. The predicted molar refractivity (Wildman–Crippen MR) is 66.0 cm³/mol. The van der Waals surface area contributed by atoms with E-state index in [0.29, 0.717) is 25.4 Å². The number of aromatic nitrogens is 1. The standard InChI is InChI=1S/C13H15N3O3/c1-18-13(17)12-9-16(4-5-19-12)8-10-2-3-15-11(6-10)7-14/h2-3,6,12H,4-5,8-9H2,1H3. The number of esters is 1. The van der Waals surface area contributed by atoms with Crippen LogP contribution in [0.4, 0.5) is 0 Å². The molecule has 1 aromatic rings. The highest BCUT2D eigenvalue weighted by Crippen LogP contribution is 2.11. The van der Waals surface area contributed by atoms with Gasteiger partial charge in [-0.25, -0.2) is 9.78 Å². The second-order valence-corrected chi connectivity index (χ2v) is 4.28. The van der Waals surface area contributed by atoms with E-state index in [2.05, 4.69) is 14.6 Å². The van der Waals surface area contributed by atoms with Crippen LogP contribution < -0.4 is 0 Å². The fourth-order valence-corrected chi connectivity index (χ4v) is 2.01. The van der Waals surface area contributed by atoms with Crippen LogP contribution in [0.15, 0.2) is 18.3 Å². The zero-order valence-electron chi connectivity index (χ0n) is 10.7. The first kappa shape index (κ1) is 13.5. The van der Waals surface area contributed by atoms with Crippen LogP contribution in [-0.4, -0.2) is 48.8 Å². The normalized spacial score (nSPS) is 19.7. The van der Waals surface area contributed by atoms with Crippen molar-refractivity contribution in [1.82, 2.24) is 9.88 Å². The van der Waals surface area contributed by atoms with Crippen LogP contribution in [0.5, 0.6) is 0 Å². The zero-order valence-corrected chi connectivity index (χ0v) is 10.7. The highest BCUT2D eigenvalue weighted by atomic mass is 16.6. The molecule has 1 saturated heterocycles. The van der Waals surface area contributed by atoms with E-state index in [1.54, 1.807) is 12.3 Å². The topological polar surface area (TPSA) is 75.5 Å². The van der Waals surface area contributed by atoms with Crippen molar-refractivity contribution in [2.24, 2.45) is 0 Å². The third-order valence-electron chi connectivity index (χ3n) is 2.96. The largest absolute Gasteiger partial charge is 0.467 e. The van der Waals surface area contributed by atoms with Crippen LogP contribution in [0.3, 0.4) is 0 Å². The molecule has 0 bridgehead atoms. The van der Waals surface area contributed by atoms with Gasteiger partial charge >= 0.3 is 5.97 Å². The van der Waals surface area contributed by atoms with Crippen molar-refractivity contribution in [3.05, 3.63) is 29.6 Å². The molecular formula is C13H15N3O3. The van der Waals surface area contributed by atoms with Gasteiger partial charge in [-0.1, -0.05) is 0 Å². The molecule has 1 unspecified atom stereocenters. The molecule has 0 radical (unpaired) electrons. The Balaban J connectivity index is 1.98. The molecule has 2 heterocycles. The van der Waals surface area contributed by atoms with Crippen LogP contribution in [0.1, 0.15) is 11.3 Å². The minimum absolute atomic E-state index is 0.350. The van der Waals surface area contributed by atoms with E-state index < -0.39 is 6.10 Å². The summed E-state index contributed by atoms with van der Waals surface area (Å²) < 4.78 is 10.0. The third-order valence-corrected chi connectivity index (χ3v) is 2.96. The maximum Gasteiger partial charge on any atom is 0.336 e. The molecule has 1 atom stereocenters. The Morgan fingerprint density at radius 3 is 3.32 bits per heavy atom. The minimum Gasteiger partial charge on any atom is -0.467 e. The summed E-state index contributed by atoms with van der Waals surface area (Å²) in [6, 6.07) is 5.63. The predicted octanol–water partition coefficient (Wildman–Crippen LogP) is 0.327. The molecule has 0 aliphatic carbocycles. The number of carbonyl (C=O) groups is 1. The molecule has 0 spiro atoms. The monoisotopic (exact) mass is 261 g/mol. The Bertz CT molecular complexity index is 498. The number of pyridine rings is 1. The van der Waals surface area contributed by atoms with Crippen molar-refractivity contribution < 1.29 is 14.3 Å². The van der Waals surface area contributed by atoms with Crippen LogP contribution in [0, 0.1) is 11.3 Å². The lowest BCUT2D eigenvalue weighted by Crippen LogP contribution is -2.46. The average Bonchev–Trinajstić information content (AvgIpc) is 2.47. The Morgan fingerprint density at radius 1 is 1.74 bits per heavy atom. The lowest BCUT2D eigenvalue weighted by atomic mass is 10.2. The molecule has 19 heavy (non-hydrogen) atoms. The van der Waals surface area contributed by atoms with E-state index in [-0.39, 0.29) is 5.97 Å². The van der Waals surface area contributed by atoms with Gasteiger partial charge in [0, 0.05) is 25.8 Å². The molecule has 1 aromatic heterocycles. The van der Waals surface area contributed by atoms with Crippen LogP contribution >= 0.6 is 0 Å². The molecule has 6 heteroatoms. The molecule has 2 rings (SSSR count). The summed E-state index contributed by atoms with van der Waals surface area (Å²) in [4.78, 5) is 17.5. The van der Waals surface area contributed by atoms with E-state index in [1.165, 1.54) is 7.11 Å². The smallest absolute Gasteiger partial charge is 0.336 e. The van der Waals surface area contributed by atoms with Gasteiger partial charge in [0.2, 0.25) is 0 Å². The molecule has 1 aliphatic rings. The van der Waals surface area contributed by atoms with Gasteiger partial charge < -0.3 is 9.47 Å². The molecule has 0 amide bonds. The second kappa shape index (κ2) is 6.27. The zero-order chi connectivity index (χ0) is 13.7. The molecule has 100 valence electrons. The first-order chi connectivity index (χ1) is 9.22. The maximum atomic E-state index is 11.4. The number of hydrogen-bond acceptors (Lipinski definition) is 6. The number of carbonyl (C=O) groups excluding carboxylic acids is 1. The molecule has 1 aliphatic heterocycles. The molecule has 0 aromatic carbocycles. The van der Waals surface area contributed by atoms with Crippen molar-refractivity contribution in [3.63, 3.8) is 0 Å². The van der Waals surface area contributed by atoms with Gasteiger partial charge in [-0.15, -0.1) is 0 Å². The lowest BCUT2D eigenvalue weighted by molar-refractivity contribution is -0.160. The van der Waals surface area contributed by atoms with Crippen LogP contribution in [-0.2, 0) is 20.8 Å². The number of ether oxygens (including phenoxy) is 2. The highest BCUT2D eigenvalue weighted by molar-refractivity contribution is 5.74. The van der Waals surface area contributed by atoms with Crippen molar-refractivity contribution >= 4 is 5.97 Å². The summed E-state index contributed by atoms with van der Waals surface area (Å²) in [5.74, 6) is -0.350. The first-order valence-electron chi connectivity index (χ1n) is 5.99. The summed E-state index contributed by atoms with van der Waals surface area (Å²) in [7, 11) is 1.35. The molecule has 1 fully saturated rings. The van der Waals surface area contributed by atoms with E-state index in [1.807, 2.05) is 12.1 Å². The van der Waals surface area contributed by atoms with Gasteiger partial charge in [0.25, 0.3) is 0 Å². The number of nitriles is 1. The fraction of sp³-hybridized carbons (Fsp3) is 0.462. The molecular weight excluding hydrogens is 246 g/mol. The SMILES string of the molecule is COC(=O)C1CN(Cc2ccnc(C#N)c2)CCO1. The van der Waals surface area contributed by atoms with Crippen LogP contribution in [0.25, 0.3) is 0 Å². The van der Waals surface area contributed by atoms with Gasteiger partial charge in [-0.3, -0.25) is 4.90 Å². The highest BCUT2D eigenvalue weighted by Gasteiger charge is 2.27. The van der Waals surface area contributed by atoms with Crippen LogP contribution in [0.2, 0.25) is 0 Å². The Labute approximate surface area is 111 Å². The maximum absolute atomic E-state index is 11.4. The Morgan fingerprint density at radius 2 is 2.58 bits per heavy atom. The molecule has 6 nitrogen and oxygen atoms in total. The summed E-state index contributed by atoms with van der Waals surface area (Å²) in [6.07, 6.45) is 1.09. The number of morpholine rings is 1. The quantitative estimate of drug-likeness (QED) is 0.730. The third kappa shape index (κ3) is 3.50. The van der Waals surface area contributed by atoms with E-state index in [0.717, 1.165) is 12.1 Å². The van der Waals surface area contributed by atoms with Crippen molar-refractivity contribution in [2.45, 2.75) is 12.6 Å². The van der Waals surface area contributed by atoms with E-state index in [9.17, 15) is 4.79 Å². The Kier molecular flexibility index (Phi) is 4.44. The summed E-state index contributed by atoms with van der Waals surface area (Å²) in [5.41, 5.74) is 1.40. The van der Waals surface area contributed by atoms with E-state index in [4.69, 9.17) is 10.00 Å². The van der Waals surface area contributed by atoms with Gasteiger partial charge in [-0.05, 0) is 17.7 Å². The minimum atomic E-state index is -0.531. The van der Waals surface area contributed by atoms with Crippen molar-refractivity contribution in [2.75, 3.05) is 26.8 Å². The van der Waals surface area contributed by atoms with Crippen molar-refractivity contribution in [3.8, 4) is 6.07 Å². The molecule has 0 saturated carbocycles. The summed E-state index contributed by atoms with van der Waals surface area (Å²) in [6.45, 7) is 2.40. The van der Waals surface area contributed by atoms with Gasteiger partial charge in [0.15, 0.2) is 6.10 Å². The number of methoxy groups -OCH3 is 1. The number of hydrogen-bond donors (Lipinski definition) is 0. The Hall–Kier alpha value is -1.97. The van der Waals surface area contributed by atoms with E-state index >= 15 is 0 Å². The fourth-order valence-electron chi connectivity index (χ4n) is 2.01. The van der Waals surface area contributed by atoms with Crippen molar-refractivity contribution in [1.29, 1.82) is 5.26 Å². The summed E-state index contributed by atoms with van der Waals surface area (Å²) >= 11 is 0. The summed E-state index contributed by atoms with van der Waals surface area (Å²) in [5, 5.41) is 8.81. The number of rotatable bonds is 3.